The molecule has 0 aromatic heterocycles. The van der Waals surface area contributed by atoms with Gasteiger partial charge in [0, 0.05) is 17.7 Å². The Labute approximate surface area is 135 Å². The summed E-state index contributed by atoms with van der Waals surface area (Å²) in [6, 6.07) is 5.28. The van der Waals surface area contributed by atoms with Gasteiger partial charge in [0.1, 0.15) is 0 Å². The zero-order chi connectivity index (χ0) is 15.2. The number of amides is 1. The van der Waals surface area contributed by atoms with E-state index in [9.17, 15) is 4.79 Å². The van der Waals surface area contributed by atoms with Crippen molar-refractivity contribution < 1.29 is 9.90 Å². The van der Waals surface area contributed by atoms with Crippen LogP contribution in [-0.2, 0) is 4.79 Å². The summed E-state index contributed by atoms with van der Waals surface area (Å²) in [5.74, 6) is -0.0935. The third kappa shape index (κ3) is 4.85. The van der Waals surface area contributed by atoms with Gasteiger partial charge in [-0.1, -0.05) is 29.6 Å². The van der Waals surface area contributed by atoms with E-state index in [4.69, 9.17) is 28.3 Å². The normalized spacial score (nSPS) is 19.5. The SMILES string of the molecule is O=C(CN1CCCCC1CCO)Nc1ccc(Cl)cc1Cl. The minimum Gasteiger partial charge on any atom is -0.396 e. The topological polar surface area (TPSA) is 52.6 Å². The smallest absolute Gasteiger partial charge is 0.238 e. The summed E-state index contributed by atoms with van der Waals surface area (Å²) in [5.41, 5.74) is 0.571. The van der Waals surface area contributed by atoms with E-state index in [0.717, 1.165) is 32.2 Å². The average molecular weight is 331 g/mol. The second kappa shape index (κ2) is 7.99. The third-order valence-electron chi connectivity index (χ3n) is 3.76. The van der Waals surface area contributed by atoms with Gasteiger partial charge in [-0.3, -0.25) is 9.69 Å². The summed E-state index contributed by atoms with van der Waals surface area (Å²) in [7, 11) is 0. The lowest BCUT2D eigenvalue weighted by Gasteiger charge is -2.34. The van der Waals surface area contributed by atoms with E-state index in [1.165, 1.54) is 0 Å². The summed E-state index contributed by atoms with van der Waals surface area (Å²) in [5, 5.41) is 12.9. The minimum atomic E-state index is -0.0935. The fourth-order valence-corrected chi connectivity index (χ4v) is 3.16. The predicted octanol–water partition coefficient (Wildman–Crippen LogP) is 3.17. The maximum absolute atomic E-state index is 12.2. The van der Waals surface area contributed by atoms with Crippen LogP contribution < -0.4 is 5.32 Å². The van der Waals surface area contributed by atoms with Crippen molar-refractivity contribution in [1.82, 2.24) is 4.90 Å². The van der Waals surface area contributed by atoms with Gasteiger partial charge in [-0.05, 0) is 44.0 Å². The molecule has 1 atom stereocenters. The van der Waals surface area contributed by atoms with Gasteiger partial charge in [0.15, 0.2) is 0 Å². The largest absolute Gasteiger partial charge is 0.396 e. The number of benzene rings is 1. The summed E-state index contributed by atoms with van der Waals surface area (Å²) in [4.78, 5) is 14.3. The number of carbonyl (C=O) groups excluding carboxylic acids is 1. The van der Waals surface area contributed by atoms with Crippen molar-refractivity contribution >= 4 is 34.8 Å². The summed E-state index contributed by atoms with van der Waals surface area (Å²) in [6.07, 6.45) is 4.01. The Morgan fingerprint density at radius 2 is 2.19 bits per heavy atom. The number of carbonyl (C=O) groups is 1. The number of hydrogen-bond donors (Lipinski definition) is 2. The fraction of sp³-hybridized carbons (Fsp3) is 0.533. The Morgan fingerprint density at radius 1 is 1.38 bits per heavy atom. The van der Waals surface area contributed by atoms with Crippen LogP contribution in [0.15, 0.2) is 18.2 Å². The van der Waals surface area contributed by atoms with E-state index in [0.29, 0.717) is 22.3 Å². The monoisotopic (exact) mass is 330 g/mol. The molecule has 0 radical (unpaired) electrons. The molecule has 0 aliphatic carbocycles. The van der Waals surface area contributed by atoms with E-state index in [-0.39, 0.29) is 18.6 Å². The molecule has 2 rings (SSSR count). The quantitative estimate of drug-likeness (QED) is 0.871. The van der Waals surface area contributed by atoms with Gasteiger partial charge in [0.25, 0.3) is 0 Å². The first-order valence-corrected chi connectivity index (χ1v) is 7.95. The molecule has 0 bridgehead atoms. The Kier molecular flexibility index (Phi) is 6.30. The highest BCUT2D eigenvalue weighted by molar-refractivity contribution is 6.36. The molecule has 4 nitrogen and oxygen atoms in total. The Bertz CT molecular complexity index is 495. The standard InChI is InChI=1S/C15H20Cl2N2O2/c16-11-4-5-14(13(17)9-11)18-15(21)10-19-7-2-1-3-12(19)6-8-20/h4-5,9,12,20H,1-3,6-8,10H2,(H,18,21). The maximum Gasteiger partial charge on any atom is 0.238 e. The molecule has 1 aromatic carbocycles. The lowest BCUT2D eigenvalue weighted by molar-refractivity contribution is -0.118. The van der Waals surface area contributed by atoms with Gasteiger partial charge in [-0.2, -0.15) is 0 Å². The van der Waals surface area contributed by atoms with Crippen molar-refractivity contribution in [3.63, 3.8) is 0 Å². The molecule has 1 aliphatic heterocycles. The van der Waals surface area contributed by atoms with Crippen LogP contribution in [0.4, 0.5) is 5.69 Å². The second-order valence-corrected chi connectivity index (χ2v) is 6.15. The first kappa shape index (κ1) is 16.6. The molecule has 1 fully saturated rings. The molecule has 0 spiro atoms. The number of piperidine rings is 1. The van der Waals surface area contributed by atoms with Crippen molar-refractivity contribution in [2.45, 2.75) is 31.7 Å². The van der Waals surface area contributed by atoms with Gasteiger partial charge in [0.2, 0.25) is 5.91 Å². The highest BCUT2D eigenvalue weighted by Crippen LogP contribution is 2.25. The zero-order valence-electron chi connectivity index (χ0n) is 11.8. The Balaban J connectivity index is 1.93. The van der Waals surface area contributed by atoms with Crippen molar-refractivity contribution in [3.05, 3.63) is 28.2 Å². The van der Waals surface area contributed by atoms with Crippen molar-refractivity contribution in [3.8, 4) is 0 Å². The van der Waals surface area contributed by atoms with Gasteiger partial charge in [0.05, 0.1) is 17.3 Å². The van der Waals surface area contributed by atoms with Crippen LogP contribution >= 0.6 is 23.2 Å². The molecule has 1 saturated heterocycles. The first-order chi connectivity index (χ1) is 10.1. The van der Waals surface area contributed by atoms with E-state index in [1.54, 1.807) is 18.2 Å². The molecule has 1 aliphatic rings. The summed E-state index contributed by atoms with van der Waals surface area (Å²) >= 11 is 11.9. The maximum atomic E-state index is 12.2. The third-order valence-corrected chi connectivity index (χ3v) is 4.31. The molecule has 0 saturated carbocycles. The molecule has 1 aromatic rings. The number of nitrogens with one attached hydrogen (secondary N) is 1. The Hall–Kier alpha value is -0.810. The molecule has 1 heterocycles. The molecule has 1 amide bonds. The van der Waals surface area contributed by atoms with E-state index in [2.05, 4.69) is 10.2 Å². The lowest BCUT2D eigenvalue weighted by Crippen LogP contribution is -2.44. The highest BCUT2D eigenvalue weighted by atomic mass is 35.5. The number of aliphatic hydroxyl groups is 1. The van der Waals surface area contributed by atoms with Crippen LogP contribution in [0.2, 0.25) is 10.0 Å². The van der Waals surface area contributed by atoms with Crippen molar-refractivity contribution in [2.24, 2.45) is 0 Å². The molecule has 116 valence electrons. The molecule has 1 unspecified atom stereocenters. The van der Waals surface area contributed by atoms with E-state index in [1.807, 2.05) is 0 Å². The predicted molar refractivity (Wildman–Crippen MR) is 86.0 cm³/mol. The average Bonchev–Trinajstić information content (AvgIpc) is 2.44. The van der Waals surface area contributed by atoms with Crippen LogP contribution in [0.25, 0.3) is 0 Å². The zero-order valence-corrected chi connectivity index (χ0v) is 13.3. The van der Waals surface area contributed by atoms with Gasteiger partial charge in [-0.15, -0.1) is 0 Å². The van der Waals surface area contributed by atoms with Gasteiger partial charge < -0.3 is 10.4 Å². The second-order valence-electron chi connectivity index (χ2n) is 5.30. The molecule has 2 N–H and O–H groups in total. The van der Waals surface area contributed by atoms with Gasteiger partial charge in [-0.25, -0.2) is 0 Å². The van der Waals surface area contributed by atoms with E-state index < -0.39 is 0 Å². The Morgan fingerprint density at radius 3 is 2.90 bits per heavy atom. The summed E-state index contributed by atoms with van der Waals surface area (Å²) < 4.78 is 0. The lowest BCUT2D eigenvalue weighted by atomic mass is 10.00. The van der Waals surface area contributed by atoms with Crippen LogP contribution in [0.1, 0.15) is 25.7 Å². The minimum absolute atomic E-state index is 0.0935. The fourth-order valence-electron chi connectivity index (χ4n) is 2.71. The van der Waals surface area contributed by atoms with Crippen LogP contribution in [-0.4, -0.2) is 41.7 Å². The van der Waals surface area contributed by atoms with Crippen LogP contribution in [0.5, 0.6) is 0 Å². The van der Waals surface area contributed by atoms with Crippen molar-refractivity contribution in [1.29, 1.82) is 0 Å². The number of anilines is 1. The highest BCUT2D eigenvalue weighted by Gasteiger charge is 2.23. The van der Waals surface area contributed by atoms with E-state index >= 15 is 0 Å². The number of nitrogens with zero attached hydrogens (tertiary/aromatic N) is 1. The molecule has 21 heavy (non-hydrogen) atoms. The first-order valence-electron chi connectivity index (χ1n) is 7.20. The number of halogens is 2. The van der Waals surface area contributed by atoms with Crippen LogP contribution in [0.3, 0.4) is 0 Å². The summed E-state index contributed by atoms with van der Waals surface area (Å²) in [6.45, 7) is 1.38. The number of likely N-dealkylation sites (tertiary alicyclic amines) is 1. The molecular weight excluding hydrogens is 311 g/mol. The molecular formula is C15H20Cl2N2O2. The van der Waals surface area contributed by atoms with Crippen molar-refractivity contribution in [2.75, 3.05) is 25.0 Å². The number of rotatable bonds is 5. The number of aliphatic hydroxyl groups excluding tert-OH is 1. The van der Waals surface area contributed by atoms with Crippen LogP contribution in [0, 0.1) is 0 Å². The molecule has 6 heteroatoms. The van der Waals surface area contributed by atoms with Gasteiger partial charge >= 0.3 is 0 Å². The number of hydrogen-bond acceptors (Lipinski definition) is 3.